The van der Waals surface area contributed by atoms with Crippen LogP contribution in [0.3, 0.4) is 0 Å². The number of amides is 1. The molecule has 4 nitrogen and oxygen atoms in total. The molecule has 0 fully saturated rings. The molecular weight excluding hydrogens is 252 g/mol. The Morgan fingerprint density at radius 2 is 1.94 bits per heavy atom. The Morgan fingerprint density at radius 3 is 2.44 bits per heavy atom. The lowest BCUT2D eigenvalue weighted by molar-refractivity contribution is -0.130. The standard InChI is InChI=1S/C13H20N2O2.ClH/c1-3-17-12-6-4-11(5-7-12)10-15(2)13(16)8-9-14;/h4-7H,3,8-10,14H2,1-2H3;1H. The summed E-state index contributed by atoms with van der Waals surface area (Å²) in [5.74, 6) is 0.925. The van der Waals surface area contributed by atoms with E-state index in [9.17, 15) is 4.79 Å². The molecule has 1 amide bonds. The number of hydrogen-bond acceptors (Lipinski definition) is 3. The van der Waals surface area contributed by atoms with E-state index in [4.69, 9.17) is 10.5 Å². The first-order chi connectivity index (χ1) is 8.17. The zero-order chi connectivity index (χ0) is 12.7. The van der Waals surface area contributed by atoms with Gasteiger partial charge in [-0.05, 0) is 24.6 Å². The lowest BCUT2D eigenvalue weighted by Crippen LogP contribution is -2.27. The number of benzene rings is 1. The molecule has 0 spiro atoms. The molecule has 18 heavy (non-hydrogen) atoms. The summed E-state index contributed by atoms with van der Waals surface area (Å²) in [5.41, 5.74) is 6.43. The predicted octanol–water partition coefficient (Wildman–Crippen LogP) is 1.81. The molecule has 0 bridgehead atoms. The quantitative estimate of drug-likeness (QED) is 0.859. The lowest BCUT2D eigenvalue weighted by atomic mass is 10.2. The maximum absolute atomic E-state index is 11.5. The Hall–Kier alpha value is -1.26. The summed E-state index contributed by atoms with van der Waals surface area (Å²) >= 11 is 0. The van der Waals surface area contributed by atoms with Gasteiger partial charge in [0.1, 0.15) is 5.75 Å². The highest BCUT2D eigenvalue weighted by atomic mass is 35.5. The van der Waals surface area contributed by atoms with Gasteiger partial charge >= 0.3 is 0 Å². The summed E-state index contributed by atoms with van der Waals surface area (Å²) in [6, 6.07) is 7.77. The van der Waals surface area contributed by atoms with Crippen LogP contribution in [0.15, 0.2) is 24.3 Å². The number of halogens is 1. The van der Waals surface area contributed by atoms with Crippen molar-refractivity contribution in [2.45, 2.75) is 19.9 Å². The highest BCUT2D eigenvalue weighted by molar-refractivity contribution is 5.85. The van der Waals surface area contributed by atoms with Gasteiger partial charge in [-0.15, -0.1) is 12.4 Å². The molecule has 1 rings (SSSR count). The zero-order valence-electron chi connectivity index (χ0n) is 10.9. The maximum atomic E-state index is 11.5. The first kappa shape index (κ1) is 16.7. The molecule has 0 heterocycles. The van der Waals surface area contributed by atoms with Crippen LogP contribution in [0.1, 0.15) is 18.9 Å². The Bertz CT molecular complexity index is 355. The molecule has 0 aliphatic heterocycles. The van der Waals surface area contributed by atoms with Crippen LogP contribution < -0.4 is 10.5 Å². The Balaban J connectivity index is 0.00000289. The Morgan fingerprint density at radius 1 is 1.33 bits per heavy atom. The normalized spacial score (nSPS) is 9.50. The molecule has 0 aliphatic rings. The van der Waals surface area contributed by atoms with Crippen molar-refractivity contribution in [1.29, 1.82) is 0 Å². The monoisotopic (exact) mass is 272 g/mol. The minimum absolute atomic E-state index is 0. The smallest absolute Gasteiger partial charge is 0.223 e. The van der Waals surface area contributed by atoms with Crippen LogP contribution in [0.4, 0.5) is 0 Å². The third-order valence-corrected chi connectivity index (χ3v) is 2.44. The van der Waals surface area contributed by atoms with E-state index in [1.807, 2.05) is 31.2 Å². The summed E-state index contributed by atoms with van der Waals surface area (Å²) < 4.78 is 5.35. The van der Waals surface area contributed by atoms with Gasteiger partial charge in [0.15, 0.2) is 0 Å². The van der Waals surface area contributed by atoms with Gasteiger partial charge in [0, 0.05) is 26.6 Å². The summed E-state index contributed by atoms with van der Waals surface area (Å²) in [7, 11) is 1.79. The summed E-state index contributed by atoms with van der Waals surface area (Å²) in [6.45, 7) is 3.61. The van der Waals surface area contributed by atoms with Crippen LogP contribution in [0, 0.1) is 0 Å². The van der Waals surface area contributed by atoms with Crippen molar-refractivity contribution >= 4 is 18.3 Å². The van der Waals surface area contributed by atoms with Crippen LogP contribution in [0.25, 0.3) is 0 Å². The van der Waals surface area contributed by atoms with Gasteiger partial charge in [-0.2, -0.15) is 0 Å². The summed E-state index contributed by atoms with van der Waals surface area (Å²) in [4.78, 5) is 13.2. The molecule has 0 aromatic heterocycles. The molecule has 1 aromatic carbocycles. The van der Waals surface area contributed by atoms with Gasteiger partial charge in [0.25, 0.3) is 0 Å². The SMILES string of the molecule is CCOc1ccc(CN(C)C(=O)CCN)cc1.Cl. The lowest BCUT2D eigenvalue weighted by Gasteiger charge is -2.17. The van der Waals surface area contributed by atoms with E-state index < -0.39 is 0 Å². The van der Waals surface area contributed by atoms with Crippen molar-refractivity contribution in [3.05, 3.63) is 29.8 Å². The van der Waals surface area contributed by atoms with E-state index in [-0.39, 0.29) is 18.3 Å². The predicted molar refractivity (Wildman–Crippen MR) is 75.0 cm³/mol. The number of nitrogens with zero attached hydrogens (tertiary/aromatic N) is 1. The van der Waals surface area contributed by atoms with Gasteiger partial charge < -0.3 is 15.4 Å². The van der Waals surface area contributed by atoms with E-state index in [0.717, 1.165) is 11.3 Å². The van der Waals surface area contributed by atoms with E-state index in [2.05, 4.69) is 0 Å². The van der Waals surface area contributed by atoms with E-state index in [1.54, 1.807) is 11.9 Å². The van der Waals surface area contributed by atoms with E-state index in [1.165, 1.54) is 0 Å². The number of rotatable bonds is 6. The number of hydrogen-bond donors (Lipinski definition) is 1. The second-order valence-electron chi connectivity index (χ2n) is 3.87. The topological polar surface area (TPSA) is 55.6 Å². The molecule has 0 radical (unpaired) electrons. The van der Waals surface area contributed by atoms with Gasteiger partial charge in [-0.1, -0.05) is 12.1 Å². The zero-order valence-corrected chi connectivity index (χ0v) is 11.7. The Labute approximate surface area is 115 Å². The summed E-state index contributed by atoms with van der Waals surface area (Å²) in [5, 5.41) is 0. The first-order valence-corrected chi connectivity index (χ1v) is 5.83. The second-order valence-corrected chi connectivity index (χ2v) is 3.87. The fourth-order valence-electron chi connectivity index (χ4n) is 1.53. The van der Waals surface area contributed by atoms with Gasteiger partial charge in [0.05, 0.1) is 6.61 Å². The van der Waals surface area contributed by atoms with E-state index in [0.29, 0.717) is 26.1 Å². The van der Waals surface area contributed by atoms with Crippen LogP contribution in [-0.4, -0.2) is 31.0 Å². The van der Waals surface area contributed by atoms with Crippen LogP contribution in [-0.2, 0) is 11.3 Å². The summed E-state index contributed by atoms with van der Waals surface area (Å²) in [6.07, 6.45) is 0.396. The fraction of sp³-hybridized carbons (Fsp3) is 0.462. The third-order valence-electron chi connectivity index (χ3n) is 2.44. The van der Waals surface area contributed by atoms with Crippen molar-refractivity contribution in [3.8, 4) is 5.75 Å². The molecule has 5 heteroatoms. The number of ether oxygens (including phenoxy) is 1. The average molecular weight is 273 g/mol. The fourth-order valence-corrected chi connectivity index (χ4v) is 1.53. The second kappa shape index (κ2) is 8.78. The van der Waals surface area contributed by atoms with Gasteiger partial charge in [-0.25, -0.2) is 0 Å². The molecule has 0 unspecified atom stereocenters. The van der Waals surface area contributed by atoms with Crippen molar-refractivity contribution in [2.75, 3.05) is 20.2 Å². The largest absolute Gasteiger partial charge is 0.494 e. The van der Waals surface area contributed by atoms with Crippen LogP contribution in [0.5, 0.6) is 5.75 Å². The number of nitrogens with two attached hydrogens (primary N) is 1. The molecule has 0 saturated heterocycles. The highest BCUT2D eigenvalue weighted by Gasteiger charge is 2.07. The van der Waals surface area contributed by atoms with Crippen LogP contribution >= 0.6 is 12.4 Å². The highest BCUT2D eigenvalue weighted by Crippen LogP contribution is 2.13. The minimum atomic E-state index is 0. The van der Waals surface area contributed by atoms with E-state index >= 15 is 0 Å². The third kappa shape index (κ3) is 5.38. The molecule has 2 N–H and O–H groups in total. The number of carbonyl (C=O) groups is 1. The van der Waals surface area contributed by atoms with Gasteiger partial charge in [-0.3, -0.25) is 4.79 Å². The van der Waals surface area contributed by atoms with Crippen LogP contribution in [0.2, 0.25) is 0 Å². The molecule has 0 aliphatic carbocycles. The number of carbonyl (C=O) groups excluding carboxylic acids is 1. The van der Waals surface area contributed by atoms with Crippen molar-refractivity contribution in [3.63, 3.8) is 0 Å². The minimum Gasteiger partial charge on any atom is -0.494 e. The molecule has 1 aromatic rings. The molecule has 0 saturated carbocycles. The Kier molecular flexibility index (Phi) is 8.16. The molecular formula is C13H21ClN2O2. The van der Waals surface area contributed by atoms with Gasteiger partial charge in [0.2, 0.25) is 5.91 Å². The van der Waals surface area contributed by atoms with Crippen molar-refractivity contribution in [2.24, 2.45) is 5.73 Å². The average Bonchev–Trinajstić information content (AvgIpc) is 2.32. The van der Waals surface area contributed by atoms with Crippen molar-refractivity contribution in [1.82, 2.24) is 4.90 Å². The molecule has 102 valence electrons. The van der Waals surface area contributed by atoms with Crippen molar-refractivity contribution < 1.29 is 9.53 Å². The maximum Gasteiger partial charge on any atom is 0.223 e. The first-order valence-electron chi connectivity index (χ1n) is 5.83. The molecule has 0 atom stereocenters.